The molecule has 190 valence electrons. The lowest BCUT2D eigenvalue weighted by molar-refractivity contribution is -0.150. The van der Waals surface area contributed by atoms with Crippen LogP contribution in [0.5, 0.6) is 5.75 Å². The van der Waals surface area contributed by atoms with Crippen molar-refractivity contribution in [1.82, 2.24) is 10.3 Å². The quantitative estimate of drug-likeness (QED) is 0.501. The van der Waals surface area contributed by atoms with E-state index < -0.39 is 5.41 Å². The molecule has 2 aromatic carbocycles. The van der Waals surface area contributed by atoms with Gasteiger partial charge in [0, 0.05) is 25.2 Å². The normalized spacial score (nSPS) is 18.7. The van der Waals surface area contributed by atoms with Crippen molar-refractivity contribution in [2.45, 2.75) is 39.8 Å². The fourth-order valence-electron chi connectivity index (χ4n) is 5.37. The van der Waals surface area contributed by atoms with Crippen LogP contribution in [0, 0.1) is 23.7 Å². The average Bonchev–Trinajstić information content (AvgIpc) is 3.34. The molecule has 7 nitrogen and oxygen atoms in total. The van der Waals surface area contributed by atoms with E-state index in [-0.39, 0.29) is 5.97 Å². The summed E-state index contributed by atoms with van der Waals surface area (Å²) in [7, 11) is 1.44. The predicted molar refractivity (Wildman–Crippen MR) is 142 cm³/mol. The summed E-state index contributed by atoms with van der Waals surface area (Å²) < 4.78 is 11.4. The third-order valence-electron chi connectivity index (χ3n) is 7.48. The van der Waals surface area contributed by atoms with Crippen molar-refractivity contribution in [2.24, 2.45) is 5.41 Å². The van der Waals surface area contributed by atoms with Crippen LogP contribution in [0.4, 0.5) is 5.82 Å². The van der Waals surface area contributed by atoms with Gasteiger partial charge in [0.05, 0.1) is 29.9 Å². The lowest BCUT2D eigenvalue weighted by Gasteiger charge is -2.23. The van der Waals surface area contributed by atoms with Crippen LogP contribution < -0.4 is 15.0 Å². The summed E-state index contributed by atoms with van der Waals surface area (Å²) in [6.45, 7) is 7.32. The molecule has 1 aromatic heterocycles. The Morgan fingerprint density at radius 3 is 2.89 bits per heavy atom. The minimum Gasteiger partial charge on any atom is -0.488 e. The number of carbonyl (C=O) groups is 1. The highest BCUT2D eigenvalue weighted by atomic mass is 16.5. The molecule has 0 saturated carbocycles. The van der Waals surface area contributed by atoms with E-state index in [0.29, 0.717) is 18.7 Å². The van der Waals surface area contributed by atoms with E-state index >= 15 is 0 Å². The number of pyridine rings is 1. The highest BCUT2D eigenvalue weighted by Crippen LogP contribution is 2.37. The molecule has 37 heavy (non-hydrogen) atoms. The number of rotatable bonds is 6. The first-order valence-corrected chi connectivity index (χ1v) is 12.7. The van der Waals surface area contributed by atoms with E-state index in [1.54, 1.807) is 0 Å². The van der Waals surface area contributed by atoms with Crippen molar-refractivity contribution in [3.8, 4) is 23.1 Å². The third-order valence-corrected chi connectivity index (χ3v) is 7.48. The molecule has 0 radical (unpaired) electrons. The summed E-state index contributed by atoms with van der Waals surface area (Å²) in [5, 5.41) is 13.0. The number of anilines is 1. The van der Waals surface area contributed by atoms with Gasteiger partial charge in [-0.1, -0.05) is 24.3 Å². The zero-order chi connectivity index (χ0) is 26.0. The molecule has 0 spiro atoms. The molecule has 0 aliphatic carbocycles. The van der Waals surface area contributed by atoms with Crippen LogP contribution in [-0.4, -0.2) is 37.7 Å². The molecule has 7 heteroatoms. The Morgan fingerprint density at radius 2 is 2.08 bits per heavy atom. The molecule has 0 amide bonds. The van der Waals surface area contributed by atoms with E-state index in [0.717, 1.165) is 72.0 Å². The second-order valence-electron chi connectivity index (χ2n) is 10.2. The number of esters is 1. The molecule has 3 heterocycles. The number of aryl methyl sites for hydroxylation is 1. The van der Waals surface area contributed by atoms with Gasteiger partial charge in [-0.3, -0.25) is 4.79 Å². The molecular weight excluding hydrogens is 464 g/mol. The first kappa shape index (κ1) is 24.8. The van der Waals surface area contributed by atoms with Crippen LogP contribution in [0.2, 0.25) is 0 Å². The maximum absolute atomic E-state index is 12.3. The number of para-hydroxylation sites is 1. The van der Waals surface area contributed by atoms with E-state index in [1.165, 1.54) is 12.7 Å². The van der Waals surface area contributed by atoms with E-state index in [4.69, 9.17) is 14.5 Å². The van der Waals surface area contributed by atoms with Crippen molar-refractivity contribution < 1.29 is 14.3 Å². The molecule has 1 fully saturated rings. The number of benzene rings is 2. The van der Waals surface area contributed by atoms with Gasteiger partial charge in [0.25, 0.3) is 0 Å². The summed E-state index contributed by atoms with van der Waals surface area (Å²) in [5.74, 6) is 1.43. The number of aromatic nitrogens is 1. The van der Waals surface area contributed by atoms with Crippen molar-refractivity contribution >= 4 is 11.8 Å². The largest absolute Gasteiger partial charge is 0.488 e. The molecule has 0 bridgehead atoms. The lowest BCUT2D eigenvalue weighted by atomic mass is 9.90. The predicted octanol–water partition coefficient (Wildman–Crippen LogP) is 4.54. The highest BCUT2D eigenvalue weighted by molar-refractivity contribution is 5.78. The second kappa shape index (κ2) is 10.2. The van der Waals surface area contributed by atoms with Gasteiger partial charge < -0.3 is 19.7 Å². The fourth-order valence-corrected chi connectivity index (χ4v) is 5.37. The molecule has 5 rings (SSSR count). The third kappa shape index (κ3) is 4.90. The zero-order valence-electron chi connectivity index (χ0n) is 21.6. The number of fused-ring (bicyclic) bond motifs is 1. The van der Waals surface area contributed by atoms with Gasteiger partial charge in [0.15, 0.2) is 0 Å². The summed E-state index contributed by atoms with van der Waals surface area (Å²) in [6, 6.07) is 18.5. The van der Waals surface area contributed by atoms with Crippen molar-refractivity contribution in [1.29, 1.82) is 5.26 Å². The lowest BCUT2D eigenvalue weighted by Crippen LogP contribution is -2.33. The number of nitrogens with one attached hydrogen (secondary N) is 1. The van der Waals surface area contributed by atoms with Crippen molar-refractivity contribution in [3.05, 3.63) is 76.3 Å². The Kier molecular flexibility index (Phi) is 6.86. The smallest absolute Gasteiger partial charge is 0.313 e. The minimum atomic E-state index is -0.530. The number of ether oxygens (including phenoxy) is 2. The Hall–Kier alpha value is -3.89. The Morgan fingerprint density at radius 1 is 1.24 bits per heavy atom. The first-order chi connectivity index (χ1) is 17.9. The van der Waals surface area contributed by atoms with Gasteiger partial charge in [-0.15, -0.1) is 0 Å². The SMILES string of the molecule is COC(=O)[C@]1(C)CCN(c2cccc(-c3cccc(C)c3OCc3cc(C#N)c4c(c3)CCNC4)n2)C1. The number of nitrogens with zero attached hydrogens (tertiary/aromatic N) is 3. The molecule has 2 aliphatic heterocycles. The maximum atomic E-state index is 12.3. The highest BCUT2D eigenvalue weighted by Gasteiger charge is 2.41. The van der Waals surface area contributed by atoms with Crippen LogP contribution in [-0.2, 0) is 29.1 Å². The van der Waals surface area contributed by atoms with E-state index in [2.05, 4.69) is 22.4 Å². The van der Waals surface area contributed by atoms with Gasteiger partial charge in [0.1, 0.15) is 18.2 Å². The van der Waals surface area contributed by atoms with Crippen LogP contribution in [0.25, 0.3) is 11.3 Å². The Bertz CT molecular complexity index is 1380. The van der Waals surface area contributed by atoms with E-state index in [1.807, 2.05) is 56.3 Å². The molecule has 3 aromatic rings. The number of carbonyl (C=O) groups excluding carboxylic acids is 1. The topological polar surface area (TPSA) is 87.5 Å². The van der Waals surface area contributed by atoms with Crippen LogP contribution >= 0.6 is 0 Å². The van der Waals surface area contributed by atoms with E-state index in [9.17, 15) is 10.1 Å². The van der Waals surface area contributed by atoms with Crippen LogP contribution in [0.15, 0.2) is 48.5 Å². The molecule has 1 N–H and O–H groups in total. The first-order valence-electron chi connectivity index (χ1n) is 12.7. The number of hydrogen-bond acceptors (Lipinski definition) is 7. The van der Waals surface area contributed by atoms with Gasteiger partial charge in [-0.25, -0.2) is 4.98 Å². The monoisotopic (exact) mass is 496 g/mol. The number of hydrogen-bond donors (Lipinski definition) is 1. The summed E-state index contributed by atoms with van der Waals surface area (Å²) in [5.41, 5.74) is 6.25. The average molecular weight is 497 g/mol. The fraction of sp³-hybridized carbons (Fsp3) is 0.367. The molecular formula is C30H32N4O3. The summed E-state index contributed by atoms with van der Waals surface area (Å²) in [6.07, 6.45) is 1.64. The van der Waals surface area contributed by atoms with Gasteiger partial charge in [-0.2, -0.15) is 5.26 Å². The standard InChI is InChI=1S/C30H32N4O3/c1-20-6-4-7-24(26-8-5-9-27(33-26)34-13-11-30(2,19-34)29(35)36-3)28(20)37-18-21-14-22-10-12-32-17-25(22)23(15-21)16-31/h4-9,14-15,32H,10-13,17-19H2,1-3H3/t30-/m1/s1. The van der Waals surface area contributed by atoms with Gasteiger partial charge in [0.2, 0.25) is 0 Å². The molecule has 2 aliphatic rings. The molecule has 1 saturated heterocycles. The van der Waals surface area contributed by atoms with Gasteiger partial charge in [-0.05, 0) is 79.8 Å². The molecule has 0 unspecified atom stereocenters. The van der Waals surface area contributed by atoms with Crippen LogP contribution in [0.1, 0.15) is 41.2 Å². The van der Waals surface area contributed by atoms with Gasteiger partial charge >= 0.3 is 5.97 Å². The van der Waals surface area contributed by atoms with Crippen molar-refractivity contribution in [3.63, 3.8) is 0 Å². The molecule has 1 atom stereocenters. The maximum Gasteiger partial charge on any atom is 0.313 e. The second-order valence-corrected chi connectivity index (χ2v) is 10.2. The number of methoxy groups -OCH3 is 1. The van der Waals surface area contributed by atoms with Crippen molar-refractivity contribution in [2.75, 3.05) is 31.6 Å². The Labute approximate surface area is 218 Å². The zero-order valence-corrected chi connectivity index (χ0v) is 21.6. The van der Waals surface area contributed by atoms with Crippen LogP contribution in [0.3, 0.4) is 0 Å². The summed E-state index contributed by atoms with van der Waals surface area (Å²) in [4.78, 5) is 19.4. The minimum absolute atomic E-state index is 0.182. The number of nitriles is 1. The Balaban J connectivity index is 1.40. The summed E-state index contributed by atoms with van der Waals surface area (Å²) >= 11 is 0.